The molecule has 0 saturated heterocycles. The number of ether oxygens (including phenoxy) is 1. The first kappa shape index (κ1) is 16.8. The average molecular weight is 300 g/mol. The van der Waals surface area contributed by atoms with Gasteiger partial charge in [-0.25, -0.2) is 0 Å². The zero-order valence-corrected chi connectivity index (χ0v) is 13.1. The van der Waals surface area contributed by atoms with Gasteiger partial charge < -0.3 is 15.2 Å². The molecule has 1 amide bonds. The Morgan fingerprint density at radius 1 is 1.50 bits per heavy atom. The minimum atomic E-state index is -0.929. The Morgan fingerprint density at radius 3 is 2.75 bits per heavy atom. The first-order valence-electron chi connectivity index (χ1n) is 6.61. The van der Waals surface area contributed by atoms with Gasteiger partial charge in [0.1, 0.15) is 5.75 Å². The van der Waals surface area contributed by atoms with Crippen LogP contribution in [0.2, 0.25) is 5.02 Å². The second kappa shape index (κ2) is 6.95. The van der Waals surface area contributed by atoms with E-state index in [1.165, 1.54) is 0 Å². The number of carbonyl (C=O) groups is 1. The number of nitrogens with one attached hydrogen (secondary N) is 1. The van der Waals surface area contributed by atoms with Crippen molar-refractivity contribution in [3.05, 3.63) is 28.8 Å². The van der Waals surface area contributed by atoms with Crippen LogP contribution in [0.5, 0.6) is 5.75 Å². The molecule has 1 rings (SSSR count). The van der Waals surface area contributed by atoms with Gasteiger partial charge in [-0.05, 0) is 31.9 Å². The number of halogens is 1. The standard InChI is InChI=1S/C15H22ClNO3/c1-10(2)15(4,19)9-17-14(18)8-20-13-7-5-6-12(16)11(13)3/h5-7,10,19H,8-9H2,1-4H3,(H,17,18). The van der Waals surface area contributed by atoms with Crippen LogP contribution in [0.25, 0.3) is 0 Å². The van der Waals surface area contributed by atoms with E-state index in [0.717, 1.165) is 5.56 Å². The van der Waals surface area contributed by atoms with E-state index in [0.29, 0.717) is 10.8 Å². The third-order valence-corrected chi connectivity index (χ3v) is 3.87. The molecule has 0 spiro atoms. The van der Waals surface area contributed by atoms with Crippen molar-refractivity contribution in [2.75, 3.05) is 13.2 Å². The number of rotatable bonds is 6. The molecule has 1 atom stereocenters. The van der Waals surface area contributed by atoms with Gasteiger partial charge in [0.15, 0.2) is 6.61 Å². The number of benzene rings is 1. The minimum Gasteiger partial charge on any atom is -0.483 e. The summed E-state index contributed by atoms with van der Waals surface area (Å²) < 4.78 is 5.43. The fourth-order valence-corrected chi connectivity index (χ4v) is 1.59. The molecular formula is C15H22ClNO3. The molecule has 20 heavy (non-hydrogen) atoms. The summed E-state index contributed by atoms with van der Waals surface area (Å²) in [4.78, 5) is 11.7. The summed E-state index contributed by atoms with van der Waals surface area (Å²) >= 11 is 5.97. The summed E-state index contributed by atoms with van der Waals surface area (Å²) in [5, 5.41) is 13.3. The molecule has 0 fully saturated rings. The van der Waals surface area contributed by atoms with Gasteiger partial charge in [-0.3, -0.25) is 4.79 Å². The molecular weight excluding hydrogens is 278 g/mol. The number of amides is 1. The van der Waals surface area contributed by atoms with E-state index in [9.17, 15) is 9.90 Å². The summed E-state index contributed by atoms with van der Waals surface area (Å²) in [6, 6.07) is 5.30. The Hall–Kier alpha value is -1.26. The highest BCUT2D eigenvalue weighted by Crippen LogP contribution is 2.24. The Balaban J connectivity index is 2.46. The fourth-order valence-electron chi connectivity index (χ4n) is 1.42. The fraction of sp³-hybridized carbons (Fsp3) is 0.533. The molecule has 112 valence electrons. The molecule has 1 aromatic carbocycles. The van der Waals surface area contributed by atoms with Gasteiger partial charge in [0.2, 0.25) is 0 Å². The Labute approximate surface area is 125 Å². The van der Waals surface area contributed by atoms with Crippen molar-refractivity contribution in [2.24, 2.45) is 5.92 Å². The minimum absolute atomic E-state index is 0.0545. The topological polar surface area (TPSA) is 58.6 Å². The van der Waals surface area contributed by atoms with Crippen LogP contribution in [0.4, 0.5) is 0 Å². The molecule has 0 aliphatic carbocycles. The molecule has 0 aliphatic heterocycles. The van der Waals surface area contributed by atoms with Crippen LogP contribution in [0.1, 0.15) is 26.3 Å². The largest absolute Gasteiger partial charge is 0.483 e. The molecule has 0 aliphatic rings. The van der Waals surface area contributed by atoms with E-state index in [4.69, 9.17) is 16.3 Å². The molecule has 1 unspecified atom stereocenters. The molecule has 0 radical (unpaired) electrons. The Morgan fingerprint density at radius 2 is 2.15 bits per heavy atom. The summed E-state index contributed by atoms with van der Waals surface area (Å²) in [5.74, 6) is 0.368. The van der Waals surface area contributed by atoms with Crippen molar-refractivity contribution >= 4 is 17.5 Å². The van der Waals surface area contributed by atoms with E-state index in [-0.39, 0.29) is 25.0 Å². The van der Waals surface area contributed by atoms with Crippen LogP contribution in [0.3, 0.4) is 0 Å². The van der Waals surface area contributed by atoms with Crippen LogP contribution < -0.4 is 10.1 Å². The Kier molecular flexibility index (Phi) is 5.84. The normalized spacial score (nSPS) is 13.9. The van der Waals surface area contributed by atoms with Crippen LogP contribution in [0.15, 0.2) is 18.2 Å². The number of hydrogen-bond acceptors (Lipinski definition) is 3. The van der Waals surface area contributed by atoms with Crippen molar-refractivity contribution < 1.29 is 14.6 Å². The highest BCUT2D eigenvalue weighted by molar-refractivity contribution is 6.31. The second-order valence-corrected chi connectivity index (χ2v) is 5.85. The highest BCUT2D eigenvalue weighted by atomic mass is 35.5. The van der Waals surface area contributed by atoms with Crippen molar-refractivity contribution in [2.45, 2.75) is 33.3 Å². The maximum Gasteiger partial charge on any atom is 0.258 e. The zero-order chi connectivity index (χ0) is 15.3. The summed E-state index contributed by atoms with van der Waals surface area (Å²) in [5.41, 5.74) is -0.127. The number of aliphatic hydroxyl groups is 1. The molecule has 1 aromatic rings. The molecule has 0 heterocycles. The highest BCUT2D eigenvalue weighted by Gasteiger charge is 2.25. The van der Waals surface area contributed by atoms with E-state index in [2.05, 4.69) is 5.32 Å². The zero-order valence-electron chi connectivity index (χ0n) is 12.4. The van der Waals surface area contributed by atoms with Crippen LogP contribution in [0, 0.1) is 12.8 Å². The maximum absolute atomic E-state index is 11.7. The molecule has 4 nitrogen and oxygen atoms in total. The second-order valence-electron chi connectivity index (χ2n) is 5.44. The maximum atomic E-state index is 11.7. The van der Waals surface area contributed by atoms with E-state index < -0.39 is 5.60 Å². The van der Waals surface area contributed by atoms with E-state index in [1.807, 2.05) is 20.8 Å². The van der Waals surface area contributed by atoms with E-state index in [1.54, 1.807) is 25.1 Å². The third-order valence-electron chi connectivity index (χ3n) is 3.46. The van der Waals surface area contributed by atoms with Crippen molar-refractivity contribution in [1.29, 1.82) is 0 Å². The first-order valence-corrected chi connectivity index (χ1v) is 6.99. The monoisotopic (exact) mass is 299 g/mol. The van der Waals surface area contributed by atoms with Gasteiger partial charge in [-0.15, -0.1) is 0 Å². The lowest BCUT2D eigenvalue weighted by molar-refractivity contribution is -0.124. The molecule has 0 bridgehead atoms. The smallest absolute Gasteiger partial charge is 0.258 e. The average Bonchev–Trinajstić information content (AvgIpc) is 2.38. The van der Waals surface area contributed by atoms with Gasteiger partial charge in [-0.2, -0.15) is 0 Å². The molecule has 2 N–H and O–H groups in total. The number of carbonyl (C=O) groups excluding carboxylic acids is 1. The quantitative estimate of drug-likeness (QED) is 0.849. The van der Waals surface area contributed by atoms with Gasteiger partial charge >= 0.3 is 0 Å². The molecule has 0 aromatic heterocycles. The van der Waals surface area contributed by atoms with Crippen LogP contribution in [-0.4, -0.2) is 29.8 Å². The first-order chi connectivity index (χ1) is 9.24. The van der Waals surface area contributed by atoms with Crippen molar-refractivity contribution in [3.63, 3.8) is 0 Å². The van der Waals surface area contributed by atoms with Crippen molar-refractivity contribution in [1.82, 2.24) is 5.32 Å². The lowest BCUT2D eigenvalue weighted by Crippen LogP contribution is -2.45. The lowest BCUT2D eigenvalue weighted by atomic mass is 9.93. The predicted molar refractivity (Wildman–Crippen MR) is 80.2 cm³/mol. The lowest BCUT2D eigenvalue weighted by Gasteiger charge is -2.27. The van der Waals surface area contributed by atoms with Crippen molar-refractivity contribution in [3.8, 4) is 5.75 Å². The van der Waals surface area contributed by atoms with Gasteiger partial charge in [0.25, 0.3) is 5.91 Å². The predicted octanol–water partition coefficient (Wildman–Crippen LogP) is 2.55. The van der Waals surface area contributed by atoms with Gasteiger partial charge in [0.05, 0.1) is 5.60 Å². The third kappa shape index (κ3) is 4.69. The van der Waals surface area contributed by atoms with Crippen LogP contribution in [-0.2, 0) is 4.79 Å². The Bertz CT molecular complexity index is 472. The van der Waals surface area contributed by atoms with Gasteiger partial charge in [0, 0.05) is 17.1 Å². The molecule has 5 heteroatoms. The van der Waals surface area contributed by atoms with Crippen LogP contribution >= 0.6 is 11.6 Å². The summed E-state index contributed by atoms with van der Waals surface area (Å²) in [7, 11) is 0. The van der Waals surface area contributed by atoms with Gasteiger partial charge in [-0.1, -0.05) is 31.5 Å². The summed E-state index contributed by atoms with van der Waals surface area (Å²) in [6.45, 7) is 7.42. The summed E-state index contributed by atoms with van der Waals surface area (Å²) in [6.07, 6.45) is 0. The number of hydrogen-bond donors (Lipinski definition) is 2. The molecule has 0 saturated carbocycles. The van der Waals surface area contributed by atoms with E-state index >= 15 is 0 Å². The SMILES string of the molecule is Cc1c(Cl)cccc1OCC(=O)NCC(C)(O)C(C)C.